The Morgan fingerprint density at radius 3 is 2.18 bits per heavy atom. The van der Waals surface area contributed by atoms with Gasteiger partial charge in [-0.3, -0.25) is 0 Å². The molecule has 1 aliphatic rings. The number of rotatable bonds is 7. The molecule has 1 saturated heterocycles. The first-order chi connectivity index (χ1) is 16.7. The first-order valence-electron chi connectivity index (χ1n) is 11.2. The van der Waals surface area contributed by atoms with Gasteiger partial charge in [-0.05, 0) is 42.5 Å². The largest absolute Gasteiger partial charge is 0.493 e. The lowest BCUT2D eigenvalue weighted by atomic mass is 10.2. The van der Waals surface area contributed by atoms with Gasteiger partial charge in [0.05, 0.1) is 33.0 Å². The molecule has 2 N–H and O–H groups in total. The quantitative estimate of drug-likeness (QED) is 0.403. The molecule has 8 heteroatoms. The van der Waals surface area contributed by atoms with Crippen molar-refractivity contribution in [2.45, 2.75) is 0 Å². The second kappa shape index (κ2) is 9.84. The lowest BCUT2D eigenvalue weighted by Gasteiger charge is -2.28. The summed E-state index contributed by atoms with van der Waals surface area (Å²) in [5.41, 5.74) is 3.75. The third kappa shape index (κ3) is 4.67. The summed E-state index contributed by atoms with van der Waals surface area (Å²) in [5.74, 6) is 2.39. The van der Waals surface area contributed by atoms with E-state index in [-0.39, 0.29) is 0 Å². The van der Waals surface area contributed by atoms with Crippen molar-refractivity contribution < 1.29 is 14.2 Å². The van der Waals surface area contributed by atoms with Crippen LogP contribution in [0.1, 0.15) is 0 Å². The summed E-state index contributed by atoms with van der Waals surface area (Å²) in [7, 11) is 3.23. The van der Waals surface area contributed by atoms with Crippen molar-refractivity contribution in [1.82, 2.24) is 9.97 Å². The Balaban J connectivity index is 1.49. The van der Waals surface area contributed by atoms with Gasteiger partial charge in [0.2, 0.25) is 5.95 Å². The van der Waals surface area contributed by atoms with Crippen LogP contribution in [0.3, 0.4) is 0 Å². The minimum Gasteiger partial charge on any atom is -0.493 e. The second-order valence-corrected chi connectivity index (χ2v) is 7.88. The maximum Gasteiger partial charge on any atom is 0.229 e. The van der Waals surface area contributed by atoms with Gasteiger partial charge in [-0.15, -0.1) is 0 Å². The van der Waals surface area contributed by atoms with E-state index in [4.69, 9.17) is 24.2 Å². The van der Waals surface area contributed by atoms with E-state index in [1.807, 2.05) is 54.6 Å². The number of hydrogen-bond donors (Lipinski definition) is 2. The summed E-state index contributed by atoms with van der Waals surface area (Å²) >= 11 is 0. The predicted octanol–water partition coefficient (Wildman–Crippen LogP) is 4.97. The first-order valence-corrected chi connectivity index (χ1v) is 11.2. The highest BCUT2D eigenvalue weighted by Gasteiger charge is 2.15. The Labute approximate surface area is 198 Å². The second-order valence-electron chi connectivity index (χ2n) is 7.88. The molecule has 1 aliphatic heterocycles. The molecule has 0 amide bonds. The normalized spacial score (nSPS) is 13.5. The van der Waals surface area contributed by atoms with Gasteiger partial charge in [-0.1, -0.05) is 18.2 Å². The van der Waals surface area contributed by atoms with Crippen LogP contribution in [0.2, 0.25) is 0 Å². The maximum atomic E-state index is 5.50. The van der Waals surface area contributed by atoms with Crippen molar-refractivity contribution in [3.63, 3.8) is 0 Å². The van der Waals surface area contributed by atoms with Crippen LogP contribution in [0.25, 0.3) is 10.9 Å². The molecule has 0 spiro atoms. The summed E-state index contributed by atoms with van der Waals surface area (Å²) in [6.45, 7) is 3.33. The summed E-state index contributed by atoms with van der Waals surface area (Å²) in [5, 5.41) is 7.58. The molecular weight excluding hydrogens is 430 g/mol. The van der Waals surface area contributed by atoms with Crippen molar-refractivity contribution in [2.24, 2.45) is 0 Å². The Morgan fingerprint density at radius 2 is 1.47 bits per heavy atom. The molecule has 0 unspecified atom stereocenters. The van der Waals surface area contributed by atoms with Gasteiger partial charge in [0.25, 0.3) is 0 Å². The van der Waals surface area contributed by atoms with Crippen molar-refractivity contribution >= 4 is 39.7 Å². The zero-order chi connectivity index (χ0) is 23.3. The molecule has 174 valence electrons. The number of ether oxygens (including phenoxy) is 3. The smallest absolute Gasteiger partial charge is 0.229 e. The number of morpholine rings is 1. The van der Waals surface area contributed by atoms with Crippen molar-refractivity contribution in [2.75, 3.05) is 56.1 Å². The van der Waals surface area contributed by atoms with Gasteiger partial charge in [-0.2, -0.15) is 4.98 Å². The molecule has 0 atom stereocenters. The Bertz CT molecular complexity index is 1260. The molecule has 3 aromatic carbocycles. The van der Waals surface area contributed by atoms with Crippen molar-refractivity contribution in [3.05, 3.63) is 66.7 Å². The van der Waals surface area contributed by atoms with E-state index in [2.05, 4.69) is 27.7 Å². The number of para-hydroxylation sites is 1. The van der Waals surface area contributed by atoms with Gasteiger partial charge in [0.1, 0.15) is 5.82 Å². The molecule has 2 heterocycles. The molecular formula is C26H27N5O3. The van der Waals surface area contributed by atoms with Crippen molar-refractivity contribution in [1.29, 1.82) is 0 Å². The number of nitrogens with zero attached hydrogens (tertiary/aromatic N) is 3. The summed E-state index contributed by atoms with van der Waals surface area (Å²) < 4.78 is 16.4. The van der Waals surface area contributed by atoms with E-state index in [9.17, 15) is 0 Å². The highest BCUT2D eigenvalue weighted by atomic mass is 16.5. The molecule has 1 fully saturated rings. The highest BCUT2D eigenvalue weighted by Crippen LogP contribution is 2.36. The fourth-order valence-corrected chi connectivity index (χ4v) is 3.97. The fourth-order valence-electron chi connectivity index (χ4n) is 3.97. The van der Waals surface area contributed by atoms with E-state index in [0.29, 0.717) is 23.3 Å². The number of aromatic nitrogens is 2. The van der Waals surface area contributed by atoms with Crippen LogP contribution in [0.4, 0.5) is 28.8 Å². The van der Waals surface area contributed by atoms with E-state index in [0.717, 1.165) is 48.6 Å². The van der Waals surface area contributed by atoms with Crippen molar-refractivity contribution in [3.8, 4) is 11.5 Å². The van der Waals surface area contributed by atoms with Gasteiger partial charge in [0.15, 0.2) is 11.5 Å². The van der Waals surface area contributed by atoms with Crippen LogP contribution in [0.5, 0.6) is 11.5 Å². The van der Waals surface area contributed by atoms with Crippen LogP contribution in [-0.2, 0) is 4.74 Å². The SMILES string of the molecule is COc1cc2nc(Nc3ccc(N4CCOCC4)cc3)nc(Nc3ccccc3)c2cc1OC. The molecule has 0 bridgehead atoms. The number of fused-ring (bicyclic) bond motifs is 1. The van der Waals surface area contributed by atoms with Crippen LogP contribution >= 0.6 is 0 Å². The van der Waals surface area contributed by atoms with Crippen LogP contribution in [-0.4, -0.2) is 50.5 Å². The van der Waals surface area contributed by atoms with Gasteiger partial charge >= 0.3 is 0 Å². The van der Waals surface area contributed by atoms with E-state index in [1.165, 1.54) is 5.69 Å². The zero-order valence-corrected chi connectivity index (χ0v) is 19.2. The Hall–Kier alpha value is -4.04. The van der Waals surface area contributed by atoms with Gasteiger partial charge < -0.3 is 29.7 Å². The Morgan fingerprint density at radius 1 is 0.794 bits per heavy atom. The molecule has 0 radical (unpaired) electrons. The van der Waals surface area contributed by atoms with Crippen LogP contribution in [0.15, 0.2) is 66.7 Å². The van der Waals surface area contributed by atoms with Crippen LogP contribution < -0.4 is 25.0 Å². The van der Waals surface area contributed by atoms with E-state index < -0.39 is 0 Å². The molecule has 4 aromatic rings. The lowest BCUT2D eigenvalue weighted by molar-refractivity contribution is 0.122. The standard InChI is InChI=1S/C26H27N5O3/c1-32-23-16-21-22(17-24(23)33-2)29-26(30-25(21)27-18-6-4-3-5-7-18)28-19-8-10-20(11-9-19)31-12-14-34-15-13-31/h3-11,16-17H,12-15H2,1-2H3,(H2,27,28,29,30). The number of hydrogen-bond acceptors (Lipinski definition) is 8. The number of anilines is 5. The van der Waals surface area contributed by atoms with Crippen LogP contribution in [0, 0.1) is 0 Å². The summed E-state index contributed by atoms with van der Waals surface area (Å²) in [4.78, 5) is 11.8. The summed E-state index contributed by atoms with van der Waals surface area (Å²) in [6, 6.07) is 21.9. The highest BCUT2D eigenvalue weighted by molar-refractivity contribution is 5.94. The molecule has 34 heavy (non-hydrogen) atoms. The average Bonchev–Trinajstić information content (AvgIpc) is 2.89. The third-order valence-electron chi connectivity index (χ3n) is 5.74. The fraction of sp³-hybridized carbons (Fsp3) is 0.231. The lowest BCUT2D eigenvalue weighted by Crippen LogP contribution is -2.36. The minimum absolute atomic E-state index is 0.484. The third-order valence-corrected chi connectivity index (χ3v) is 5.74. The minimum atomic E-state index is 0.484. The zero-order valence-electron chi connectivity index (χ0n) is 19.2. The number of benzene rings is 3. The maximum absolute atomic E-state index is 5.50. The topological polar surface area (TPSA) is 80.8 Å². The molecule has 0 aliphatic carbocycles. The van der Waals surface area contributed by atoms with Gasteiger partial charge in [-0.25, -0.2) is 4.98 Å². The van der Waals surface area contributed by atoms with E-state index >= 15 is 0 Å². The number of nitrogens with one attached hydrogen (secondary N) is 2. The molecule has 1 aromatic heterocycles. The predicted molar refractivity (Wildman–Crippen MR) is 135 cm³/mol. The van der Waals surface area contributed by atoms with E-state index in [1.54, 1.807) is 14.2 Å². The average molecular weight is 458 g/mol. The Kier molecular flexibility index (Phi) is 6.31. The van der Waals surface area contributed by atoms with Gasteiger partial charge in [0, 0.05) is 41.6 Å². The monoisotopic (exact) mass is 457 g/mol. The molecule has 5 rings (SSSR count). The molecule has 0 saturated carbocycles. The molecule has 8 nitrogen and oxygen atoms in total. The first kappa shape index (κ1) is 21.8. The summed E-state index contributed by atoms with van der Waals surface area (Å²) in [6.07, 6.45) is 0. The number of methoxy groups -OCH3 is 2.